The van der Waals surface area contributed by atoms with Crippen molar-refractivity contribution in [3.63, 3.8) is 0 Å². The van der Waals surface area contributed by atoms with E-state index < -0.39 is 0 Å². The van der Waals surface area contributed by atoms with E-state index in [1.54, 1.807) is 23.0 Å². The van der Waals surface area contributed by atoms with Gasteiger partial charge in [-0.1, -0.05) is 24.6 Å². The van der Waals surface area contributed by atoms with Crippen LogP contribution in [0.25, 0.3) is 0 Å². The lowest BCUT2D eigenvalue weighted by molar-refractivity contribution is 0.289. The molecule has 5 heteroatoms. The fourth-order valence-electron chi connectivity index (χ4n) is 1.68. The van der Waals surface area contributed by atoms with Gasteiger partial charge < -0.3 is 9.84 Å². The Bertz CT molecular complexity index is 574. The Morgan fingerprint density at radius 3 is 2.94 bits per heavy atom. The molecule has 1 aromatic heterocycles. The molecule has 0 unspecified atom stereocenters. The SMILES string of the molecule is CCc1c[nH]n(CCOc2cccc(Cl)c2)c1=O. The number of nitrogens with zero attached hydrogens (tertiary/aromatic N) is 1. The van der Waals surface area contributed by atoms with Crippen LogP contribution in [0.2, 0.25) is 5.02 Å². The van der Waals surface area contributed by atoms with Crippen molar-refractivity contribution in [2.75, 3.05) is 6.61 Å². The van der Waals surface area contributed by atoms with Gasteiger partial charge in [-0.2, -0.15) is 0 Å². The number of hydrogen-bond donors (Lipinski definition) is 1. The van der Waals surface area contributed by atoms with E-state index in [1.807, 2.05) is 19.1 Å². The summed E-state index contributed by atoms with van der Waals surface area (Å²) in [6, 6.07) is 7.20. The smallest absolute Gasteiger partial charge is 0.269 e. The van der Waals surface area contributed by atoms with Gasteiger partial charge in [0.1, 0.15) is 12.4 Å². The molecule has 0 radical (unpaired) electrons. The Hall–Kier alpha value is -1.68. The predicted octanol–water partition coefficient (Wildman–Crippen LogP) is 2.47. The third kappa shape index (κ3) is 2.96. The lowest BCUT2D eigenvalue weighted by Gasteiger charge is -2.06. The Labute approximate surface area is 110 Å². The van der Waals surface area contributed by atoms with E-state index in [9.17, 15) is 4.79 Å². The molecule has 0 saturated heterocycles. The molecular formula is C13H15ClN2O2. The highest BCUT2D eigenvalue weighted by atomic mass is 35.5. The molecule has 0 aliphatic carbocycles. The van der Waals surface area contributed by atoms with Crippen LogP contribution in [0, 0.1) is 0 Å². The van der Waals surface area contributed by atoms with Crippen LogP contribution in [0.15, 0.2) is 35.3 Å². The van der Waals surface area contributed by atoms with Crippen molar-refractivity contribution < 1.29 is 4.74 Å². The molecule has 0 bridgehead atoms. The summed E-state index contributed by atoms with van der Waals surface area (Å²) in [5.41, 5.74) is 0.810. The molecule has 0 fully saturated rings. The predicted molar refractivity (Wildman–Crippen MR) is 71.4 cm³/mol. The molecule has 0 aliphatic heterocycles. The summed E-state index contributed by atoms with van der Waals surface area (Å²) in [6.45, 7) is 2.87. The van der Waals surface area contributed by atoms with Crippen LogP contribution in [0.5, 0.6) is 5.75 Å². The zero-order chi connectivity index (χ0) is 13.0. The quantitative estimate of drug-likeness (QED) is 0.904. The number of halogens is 1. The maximum atomic E-state index is 11.8. The molecule has 0 spiro atoms. The number of H-pyrrole nitrogens is 1. The second-order valence-electron chi connectivity index (χ2n) is 3.91. The Morgan fingerprint density at radius 1 is 1.44 bits per heavy atom. The van der Waals surface area contributed by atoms with Gasteiger partial charge in [0, 0.05) is 16.8 Å². The minimum absolute atomic E-state index is 0.0206. The minimum Gasteiger partial charge on any atom is -0.492 e. The highest BCUT2D eigenvalue weighted by Crippen LogP contribution is 2.16. The normalized spacial score (nSPS) is 10.6. The van der Waals surface area contributed by atoms with Crippen LogP contribution in [0.4, 0.5) is 0 Å². The monoisotopic (exact) mass is 266 g/mol. The molecule has 18 heavy (non-hydrogen) atoms. The molecule has 2 aromatic rings. The number of nitrogens with one attached hydrogen (secondary N) is 1. The maximum Gasteiger partial charge on any atom is 0.269 e. The van der Waals surface area contributed by atoms with E-state index in [0.717, 1.165) is 12.0 Å². The van der Waals surface area contributed by atoms with Crippen LogP contribution in [-0.4, -0.2) is 16.4 Å². The summed E-state index contributed by atoms with van der Waals surface area (Å²) >= 11 is 5.85. The van der Waals surface area contributed by atoms with E-state index >= 15 is 0 Å². The van der Waals surface area contributed by atoms with E-state index in [4.69, 9.17) is 16.3 Å². The van der Waals surface area contributed by atoms with Crippen molar-refractivity contribution in [1.82, 2.24) is 9.78 Å². The third-order valence-corrected chi connectivity index (χ3v) is 2.91. The van der Waals surface area contributed by atoms with Gasteiger partial charge in [0.2, 0.25) is 0 Å². The highest BCUT2D eigenvalue weighted by molar-refractivity contribution is 6.30. The van der Waals surface area contributed by atoms with Gasteiger partial charge in [0.25, 0.3) is 5.56 Å². The maximum absolute atomic E-state index is 11.8. The van der Waals surface area contributed by atoms with E-state index in [0.29, 0.717) is 23.9 Å². The van der Waals surface area contributed by atoms with Crippen molar-refractivity contribution in [2.24, 2.45) is 0 Å². The van der Waals surface area contributed by atoms with Crippen LogP contribution < -0.4 is 10.3 Å². The van der Waals surface area contributed by atoms with Crippen LogP contribution >= 0.6 is 11.6 Å². The first kappa shape index (κ1) is 12.8. The van der Waals surface area contributed by atoms with Crippen LogP contribution in [-0.2, 0) is 13.0 Å². The van der Waals surface area contributed by atoms with E-state index in [1.165, 1.54) is 0 Å². The van der Waals surface area contributed by atoms with Gasteiger partial charge in [-0.15, -0.1) is 0 Å². The molecule has 1 aromatic carbocycles. The van der Waals surface area contributed by atoms with Gasteiger partial charge in [-0.05, 0) is 24.6 Å². The van der Waals surface area contributed by atoms with Gasteiger partial charge >= 0.3 is 0 Å². The molecular weight excluding hydrogens is 252 g/mol. The lowest BCUT2D eigenvalue weighted by Crippen LogP contribution is -2.22. The molecule has 0 aliphatic rings. The van der Waals surface area contributed by atoms with Crippen molar-refractivity contribution in [2.45, 2.75) is 19.9 Å². The van der Waals surface area contributed by atoms with Gasteiger partial charge in [-0.25, -0.2) is 4.68 Å². The van der Waals surface area contributed by atoms with Crippen molar-refractivity contribution in [1.29, 1.82) is 0 Å². The summed E-state index contributed by atoms with van der Waals surface area (Å²) in [6.07, 6.45) is 2.47. The summed E-state index contributed by atoms with van der Waals surface area (Å²) in [7, 11) is 0. The number of aromatic nitrogens is 2. The zero-order valence-corrected chi connectivity index (χ0v) is 10.9. The summed E-state index contributed by atoms with van der Waals surface area (Å²) < 4.78 is 7.07. The molecule has 1 heterocycles. The first-order valence-electron chi connectivity index (χ1n) is 5.86. The van der Waals surface area contributed by atoms with Crippen molar-refractivity contribution in [3.8, 4) is 5.75 Å². The Kier molecular flexibility index (Phi) is 4.10. The molecule has 0 saturated carbocycles. The van der Waals surface area contributed by atoms with Crippen LogP contribution in [0.3, 0.4) is 0 Å². The van der Waals surface area contributed by atoms with Crippen molar-refractivity contribution >= 4 is 11.6 Å². The van der Waals surface area contributed by atoms with E-state index in [2.05, 4.69) is 5.10 Å². The fourth-order valence-corrected chi connectivity index (χ4v) is 1.86. The topological polar surface area (TPSA) is 47.0 Å². The minimum atomic E-state index is 0.0206. The Balaban J connectivity index is 1.92. The van der Waals surface area contributed by atoms with Crippen molar-refractivity contribution in [3.05, 3.63) is 51.4 Å². The molecule has 0 amide bonds. The second-order valence-corrected chi connectivity index (χ2v) is 4.35. The molecule has 0 atom stereocenters. The number of aryl methyl sites for hydroxylation is 1. The zero-order valence-electron chi connectivity index (χ0n) is 10.1. The molecule has 1 N–H and O–H groups in total. The number of ether oxygens (including phenoxy) is 1. The number of rotatable bonds is 5. The largest absolute Gasteiger partial charge is 0.492 e. The number of aromatic amines is 1. The summed E-state index contributed by atoms with van der Waals surface area (Å²) in [4.78, 5) is 11.8. The first-order valence-corrected chi connectivity index (χ1v) is 6.24. The molecule has 4 nitrogen and oxygen atoms in total. The average molecular weight is 267 g/mol. The third-order valence-electron chi connectivity index (χ3n) is 2.68. The van der Waals surface area contributed by atoms with Gasteiger partial charge in [-0.3, -0.25) is 4.79 Å². The number of hydrogen-bond acceptors (Lipinski definition) is 2. The van der Waals surface area contributed by atoms with Gasteiger partial charge in [0.15, 0.2) is 0 Å². The summed E-state index contributed by atoms with van der Waals surface area (Å²) in [5.74, 6) is 0.706. The van der Waals surface area contributed by atoms with Crippen LogP contribution in [0.1, 0.15) is 12.5 Å². The fraction of sp³-hybridized carbons (Fsp3) is 0.308. The molecule has 96 valence electrons. The second kappa shape index (κ2) is 5.78. The Morgan fingerprint density at radius 2 is 2.28 bits per heavy atom. The summed E-state index contributed by atoms with van der Waals surface area (Å²) in [5, 5.41) is 3.56. The highest BCUT2D eigenvalue weighted by Gasteiger charge is 2.03. The van der Waals surface area contributed by atoms with Gasteiger partial charge in [0.05, 0.1) is 6.54 Å². The lowest BCUT2D eigenvalue weighted by atomic mass is 10.3. The standard InChI is InChI=1S/C13H15ClN2O2/c1-2-10-9-15-16(13(10)17)6-7-18-12-5-3-4-11(14)8-12/h3-5,8-9,15H,2,6-7H2,1H3. The van der Waals surface area contributed by atoms with E-state index in [-0.39, 0.29) is 5.56 Å². The number of benzene rings is 1. The molecule has 2 rings (SSSR count). The average Bonchev–Trinajstić information content (AvgIpc) is 2.71. The first-order chi connectivity index (χ1) is 8.70.